The molecule has 1 unspecified atom stereocenters. The van der Waals surface area contributed by atoms with Gasteiger partial charge in [0.05, 0.1) is 35.8 Å². The molecule has 0 spiro atoms. The van der Waals surface area contributed by atoms with Crippen LogP contribution in [0.4, 0.5) is 4.39 Å². The predicted octanol–water partition coefficient (Wildman–Crippen LogP) is 5.89. The Bertz CT molecular complexity index is 1290. The highest BCUT2D eigenvalue weighted by Crippen LogP contribution is 2.24. The van der Waals surface area contributed by atoms with E-state index in [1.807, 2.05) is 30.0 Å². The van der Waals surface area contributed by atoms with Gasteiger partial charge < -0.3 is 9.64 Å². The van der Waals surface area contributed by atoms with Gasteiger partial charge in [-0.1, -0.05) is 57.6 Å². The molecule has 40 heavy (non-hydrogen) atoms. The van der Waals surface area contributed by atoms with Crippen molar-refractivity contribution in [3.05, 3.63) is 70.5 Å². The lowest BCUT2D eigenvalue weighted by Crippen LogP contribution is -2.44. The highest BCUT2D eigenvalue weighted by molar-refractivity contribution is 5.79. The standard InChI is InChI=1S/C32H43FN4O3/c1-3-4-5-6-7-8-9-14-30(38)36(20-19-35-21-23-40-24-22-35)25(2)31-34-29-13-11-10-12-28(29)32(39)37(31)27-17-15-26(33)16-18-27/h10-13,15-18,25H,3-9,14,19-24H2,1-2H3. The quantitative estimate of drug-likeness (QED) is 0.234. The van der Waals surface area contributed by atoms with Crippen LogP contribution < -0.4 is 5.56 Å². The highest BCUT2D eigenvalue weighted by Gasteiger charge is 2.27. The Morgan fingerprint density at radius 2 is 1.68 bits per heavy atom. The lowest BCUT2D eigenvalue weighted by molar-refractivity contribution is -0.134. The van der Waals surface area contributed by atoms with Gasteiger partial charge in [-0.25, -0.2) is 9.37 Å². The van der Waals surface area contributed by atoms with Gasteiger partial charge in [0.1, 0.15) is 11.6 Å². The number of nitrogens with zero attached hydrogens (tertiary/aromatic N) is 4. The van der Waals surface area contributed by atoms with Crippen LogP contribution in [0.3, 0.4) is 0 Å². The first-order chi connectivity index (χ1) is 19.5. The van der Waals surface area contributed by atoms with E-state index in [1.54, 1.807) is 18.2 Å². The molecule has 0 saturated carbocycles. The van der Waals surface area contributed by atoms with Gasteiger partial charge in [-0.05, 0) is 49.7 Å². The van der Waals surface area contributed by atoms with E-state index in [0.717, 1.165) is 38.9 Å². The van der Waals surface area contributed by atoms with Crippen molar-refractivity contribution in [3.63, 3.8) is 0 Å². The number of benzene rings is 2. The lowest BCUT2D eigenvalue weighted by Gasteiger charge is -2.34. The Morgan fingerprint density at radius 1 is 1.00 bits per heavy atom. The molecule has 0 bridgehead atoms. The number of fused-ring (bicyclic) bond motifs is 1. The summed E-state index contributed by atoms with van der Waals surface area (Å²) in [6.45, 7) is 8.47. The fraction of sp³-hybridized carbons (Fsp3) is 0.531. The van der Waals surface area contributed by atoms with Crippen molar-refractivity contribution in [2.45, 2.75) is 71.3 Å². The van der Waals surface area contributed by atoms with Crippen LogP contribution in [0, 0.1) is 5.82 Å². The zero-order valence-electron chi connectivity index (χ0n) is 24.0. The van der Waals surface area contributed by atoms with Crippen molar-refractivity contribution in [1.82, 2.24) is 19.4 Å². The minimum atomic E-state index is -0.458. The maximum Gasteiger partial charge on any atom is 0.266 e. The fourth-order valence-corrected chi connectivity index (χ4v) is 5.39. The van der Waals surface area contributed by atoms with Crippen molar-refractivity contribution in [2.75, 3.05) is 39.4 Å². The minimum absolute atomic E-state index is 0.0716. The van der Waals surface area contributed by atoms with Crippen molar-refractivity contribution in [3.8, 4) is 5.69 Å². The second kappa shape index (κ2) is 15.1. The van der Waals surface area contributed by atoms with Crippen LogP contribution in [0.1, 0.15) is 77.1 Å². The maximum atomic E-state index is 13.8. The smallest absolute Gasteiger partial charge is 0.266 e. The average molecular weight is 551 g/mol. The van der Waals surface area contributed by atoms with E-state index in [0.29, 0.717) is 48.6 Å². The Hall–Kier alpha value is -3.10. The van der Waals surface area contributed by atoms with E-state index in [4.69, 9.17) is 9.72 Å². The first kappa shape index (κ1) is 29.9. The van der Waals surface area contributed by atoms with Crippen LogP contribution in [0.5, 0.6) is 0 Å². The van der Waals surface area contributed by atoms with Gasteiger partial charge in [0, 0.05) is 32.6 Å². The number of morpholine rings is 1. The number of aromatic nitrogens is 2. The Morgan fingerprint density at radius 3 is 2.40 bits per heavy atom. The van der Waals surface area contributed by atoms with Crippen molar-refractivity contribution in [2.24, 2.45) is 0 Å². The first-order valence-corrected chi connectivity index (χ1v) is 14.9. The molecule has 3 aromatic rings. The van der Waals surface area contributed by atoms with Gasteiger partial charge >= 0.3 is 0 Å². The summed E-state index contributed by atoms with van der Waals surface area (Å²) in [5.74, 6) is 0.171. The molecule has 1 aliphatic rings. The van der Waals surface area contributed by atoms with E-state index in [1.165, 1.54) is 42.4 Å². The number of hydrogen-bond donors (Lipinski definition) is 0. The summed E-state index contributed by atoms with van der Waals surface area (Å²) >= 11 is 0. The molecular formula is C32H43FN4O3. The molecule has 1 amide bonds. The summed E-state index contributed by atoms with van der Waals surface area (Å²) in [6.07, 6.45) is 8.45. The van der Waals surface area contributed by atoms with Gasteiger partial charge in [0.15, 0.2) is 0 Å². The largest absolute Gasteiger partial charge is 0.379 e. The van der Waals surface area contributed by atoms with Crippen LogP contribution in [-0.4, -0.2) is 64.7 Å². The molecule has 1 atom stereocenters. The molecule has 4 rings (SSSR count). The van der Waals surface area contributed by atoms with Crippen LogP contribution >= 0.6 is 0 Å². The number of amides is 1. The molecule has 1 aliphatic heterocycles. The highest BCUT2D eigenvalue weighted by atomic mass is 19.1. The molecule has 1 fully saturated rings. The minimum Gasteiger partial charge on any atom is -0.379 e. The van der Waals surface area contributed by atoms with E-state index >= 15 is 0 Å². The van der Waals surface area contributed by atoms with E-state index in [-0.39, 0.29) is 17.3 Å². The number of hydrogen-bond acceptors (Lipinski definition) is 5. The Kier molecular flexibility index (Phi) is 11.2. The van der Waals surface area contributed by atoms with Crippen molar-refractivity contribution in [1.29, 1.82) is 0 Å². The normalized spacial score (nSPS) is 14.9. The summed E-state index contributed by atoms with van der Waals surface area (Å²) in [7, 11) is 0. The topological polar surface area (TPSA) is 67.7 Å². The van der Waals surface area contributed by atoms with Crippen molar-refractivity contribution >= 4 is 16.8 Å². The van der Waals surface area contributed by atoms with Gasteiger partial charge in [-0.15, -0.1) is 0 Å². The Balaban J connectivity index is 1.62. The van der Waals surface area contributed by atoms with Gasteiger partial charge in [0.25, 0.3) is 5.56 Å². The molecule has 1 aromatic heterocycles. The second-order valence-electron chi connectivity index (χ2n) is 10.7. The molecule has 0 N–H and O–H groups in total. The maximum absolute atomic E-state index is 13.8. The summed E-state index contributed by atoms with van der Waals surface area (Å²) in [4.78, 5) is 36.6. The molecule has 0 radical (unpaired) electrons. The summed E-state index contributed by atoms with van der Waals surface area (Å²) in [5.41, 5.74) is 0.881. The van der Waals surface area contributed by atoms with Crippen molar-refractivity contribution < 1.29 is 13.9 Å². The third-order valence-electron chi connectivity index (χ3n) is 7.80. The first-order valence-electron chi connectivity index (χ1n) is 14.9. The average Bonchev–Trinajstić information content (AvgIpc) is 2.98. The second-order valence-corrected chi connectivity index (χ2v) is 10.7. The number of rotatable bonds is 14. The van der Waals surface area contributed by atoms with Gasteiger partial charge in [-0.3, -0.25) is 19.1 Å². The Labute approximate surface area is 237 Å². The van der Waals surface area contributed by atoms with Gasteiger partial charge in [-0.2, -0.15) is 0 Å². The lowest BCUT2D eigenvalue weighted by atomic mass is 10.1. The monoisotopic (exact) mass is 550 g/mol. The molecular weight excluding hydrogens is 507 g/mol. The number of unbranched alkanes of at least 4 members (excludes halogenated alkanes) is 6. The SMILES string of the molecule is CCCCCCCCCC(=O)N(CCN1CCOCC1)C(C)c1nc2ccccc2c(=O)n1-c1ccc(F)cc1. The number of ether oxygens (including phenoxy) is 1. The molecule has 2 heterocycles. The third kappa shape index (κ3) is 7.76. The number of para-hydroxylation sites is 1. The van der Waals surface area contributed by atoms with E-state index < -0.39 is 6.04 Å². The summed E-state index contributed by atoms with van der Waals surface area (Å²) in [5, 5.41) is 0.483. The predicted molar refractivity (Wildman–Crippen MR) is 157 cm³/mol. The molecule has 1 saturated heterocycles. The van der Waals surface area contributed by atoms with Crippen LogP contribution in [0.15, 0.2) is 53.3 Å². The van der Waals surface area contributed by atoms with Crippen LogP contribution in [-0.2, 0) is 9.53 Å². The molecule has 7 nitrogen and oxygen atoms in total. The van der Waals surface area contributed by atoms with Crippen LogP contribution in [0.25, 0.3) is 16.6 Å². The molecule has 0 aliphatic carbocycles. The zero-order chi connectivity index (χ0) is 28.3. The summed E-state index contributed by atoms with van der Waals surface area (Å²) in [6, 6.07) is 12.6. The van der Waals surface area contributed by atoms with Crippen LogP contribution in [0.2, 0.25) is 0 Å². The molecule has 8 heteroatoms. The third-order valence-corrected chi connectivity index (χ3v) is 7.80. The van der Waals surface area contributed by atoms with E-state index in [9.17, 15) is 14.0 Å². The number of carbonyl (C=O) groups is 1. The molecule has 2 aromatic carbocycles. The van der Waals surface area contributed by atoms with Gasteiger partial charge in [0.2, 0.25) is 5.91 Å². The zero-order valence-corrected chi connectivity index (χ0v) is 24.0. The number of halogens is 1. The molecule has 216 valence electrons. The summed E-state index contributed by atoms with van der Waals surface area (Å²) < 4.78 is 20.8. The number of carbonyl (C=O) groups excluding carboxylic acids is 1. The van der Waals surface area contributed by atoms with E-state index in [2.05, 4.69) is 11.8 Å². The fourth-order valence-electron chi connectivity index (χ4n) is 5.39.